The van der Waals surface area contributed by atoms with E-state index in [2.05, 4.69) is 10.4 Å². The molecule has 0 aromatic carbocycles. The van der Waals surface area contributed by atoms with E-state index < -0.39 is 5.92 Å². The summed E-state index contributed by atoms with van der Waals surface area (Å²) in [7, 11) is 0. The van der Waals surface area contributed by atoms with Crippen molar-refractivity contribution in [1.29, 1.82) is 0 Å². The highest BCUT2D eigenvalue weighted by atomic mass is 16.2. The number of carbonyl (C=O) groups excluding carboxylic acids is 3. The third-order valence-corrected chi connectivity index (χ3v) is 3.33. The fourth-order valence-electron chi connectivity index (χ4n) is 2.35. The van der Waals surface area contributed by atoms with Crippen LogP contribution in [0.15, 0.2) is 24.5 Å². The van der Waals surface area contributed by atoms with Gasteiger partial charge >= 0.3 is 0 Å². The predicted molar refractivity (Wildman–Crippen MR) is 65.7 cm³/mol. The van der Waals surface area contributed by atoms with Crippen LogP contribution in [0, 0.1) is 0 Å². The van der Waals surface area contributed by atoms with Crippen molar-refractivity contribution in [3.05, 3.63) is 35.7 Å². The maximum atomic E-state index is 11.9. The van der Waals surface area contributed by atoms with E-state index in [-0.39, 0.29) is 11.8 Å². The number of aromatic nitrogens is 2. The van der Waals surface area contributed by atoms with Crippen LogP contribution in [-0.4, -0.2) is 27.7 Å². The standard InChI is InChI=1S/C13H11N3O3/c17-7-8-3-4-16-11(5-8)10(6-14-16)9-1-2-12(18)15-13(9)19/h3-7,9H,1-2H2,(H,15,18,19). The molecule has 6 heteroatoms. The van der Waals surface area contributed by atoms with Gasteiger partial charge in [-0.1, -0.05) is 0 Å². The zero-order valence-corrected chi connectivity index (χ0v) is 10.00. The van der Waals surface area contributed by atoms with Gasteiger partial charge in [-0.05, 0) is 18.6 Å². The Hall–Kier alpha value is -2.50. The van der Waals surface area contributed by atoms with Crippen LogP contribution in [0.2, 0.25) is 0 Å². The first-order valence-corrected chi connectivity index (χ1v) is 5.95. The summed E-state index contributed by atoms with van der Waals surface area (Å²) in [5.41, 5.74) is 1.99. The molecule has 6 nitrogen and oxygen atoms in total. The Balaban J connectivity index is 2.07. The number of hydrogen-bond acceptors (Lipinski definition) is 4. The SMILES string of the molecule is O=Cc1ccn2ncc(C3CCC(=O)NC3=O)c2c1. The molecule has 1 unspecified atom stereocenters. The molecule has 2 amide bonds. The van der Waals surface area contributed by atoms with Gasteiger partial charge in [-0.15, -0.1) is 0 Å². The number of hydrogen-bond donors (Lipinski definition) is 1. The van der Waals surface area contributed by atoms with Crippen LogP contribution in [0.4, 0.5) is 0 Å². The number of pyridine rings is 1. The van der Waals surface area contributed by atoms with Crippen molar-refractivity contribution >= 4 is 23.6 Å². The molecule has 1 atom stereocenters. The van der Waals surface area contributed by atoms with Crippen molar-refractivity contribution in [3.8, 4) is 0 Å². The van der Waals surface area contributed by atoms with Crippen LogP contribution in [0.5, 0.6) is 0 Å². The van der Waals surface area contributed by atoms with Crippen molar-refractivity contribution in [1.82, 2.24) is 14.9 Å². The Morgan fingerprint density at radius 1 is 1.42 bits per heavy atom. The molecule has 1 saturated heterocycles. The summed E-state index contributed by atoms with van der Waals surface area (Å²) in [6, 6.07) is 3.35. The first kappa shape index (κ1) is 11.6. The molecule has 0 saturated carbocycles. The van der Waals surface area contributed by atoms with Gasteiger partial charge in [-0.2, -0.15) is 5.10 Å². The minimum absolute atomic E-state index is 0.244. The fourth-order valence-corrected chi connectivity index (χ4v) is 2.35. The van der Waals surface area contributed by atoms with E-state index >= 15 is 0 Å². The number of aldehydes is 1. The minimum Gasteiger partial charge on any atom is -0.298 e. The lowest BCUT2D eigenvalue weighted by atomic mass is 9.91. The number of imide groups is 1. The number of nitrogens with zero attached hydrogens (tertiary/aromatic N) is 2. The molecule has 2 aromatic heterocycles. The summed E-state index contributed by atoms with van der Waals surface area (Å²) < 4.78 is 1.62. The lowest BCUT2D eigenvalue weighted by Crippen LogP contribution is -2.39. The molecule has 1 aliphatic rings. The van der Waals surface area contributed by atoms with Gasteiger partial charge in [0.1, 0.15) is 6.29 Å². The van der Waals surface area contributed by atoms with Crippen molar-refractivity contribution in [2.75, 3.05) is 0 Å². The third-order valence-electron chi connectivity index (χ3n) is 3.33. The van der Waals surface area contributed by atoms with E-state index in [1.54, 1.807) is 29.0 Å². The lowest BCUT2D eigenvalue weighted by Gasteiger charge is -2.19. The number of carbonyl (C=O) groups is 3. The number of nitrogens with one attached hydrogen (secondary N) is 1. The molecule has 96 valence electrons. The first-order chi connectivity index (χ1) is 9.19. The van der Waals surface area contributed by atoms with E-state index in [4.69, 9.17) is 0 Å². The second-order valence-electron chi connectivity index (χ2n) is 4.51. The van der Waals surface area contributed by atoms with Crippen LogP contribution < -0.4 is 5.32 Å². The molecular weight excluding hydrogens is 246 g/mol. The molecule has 3 rings (SSSR count). The molecule has 0 radical (unpaired) electrons. The van der Waals surface area contributed by atoms with Gasteiger partial charge in [0, 0.05) is 23.7 Å². The normalized spacial score (nSPS) is 19.5. The number of fused-ring (bicyclic) bond motifs is 1. The van der Waals surface area contributed by atoms with Gasteiger partial charge in [0.05, 0.1) is 17.6 Å². The van der Waals surface area contributed by atoms with Gasteiger partial charge in [-0.3, -0.25) is 19.7 Å². The quantitative estimate of drug-likeness (QED) is 0.633. The number of amides is 2. The average Bonchev–Trinajstić information content (AvgIpc) is 2.81. The summed E-state index contributed by atoms with van der Waals surface area (Å²) in [6.45, 7) is 0. The van der Waals surface area contributed by atoms with Gasteiger partial charge < -0.3 is 0 Å². The monoisotopic (exact) mass is 257 g/mol. The van der Waals surface area contributed by atoms with Gasteiger partial charge in [0.25, 0.3) is 0 Å². The predicted octanol–water partition coefficient (Wildman–Crippen LogP) is 0.667. The molecule has 0 aliphatic carbocycles. The lowest BCUT2D eigenvalue weighted by molar-refractivity contribution is -0.134. The zero-order valence-electron chi connectivity index (χ0n) is 10.00. The second kappa shape index (κ2) is 4.31. The summed E-state index contributed by atoms with van der Waals surface area (Å²) in [6.07, 6.45) is 4.83. The first-order valence-electron chi connectivity index (χ1n) is 5.95. The van der Waals surface area contributed by atoms with Crippen LogP contribution in [0.25, 0.3) is 5.52 Å². The Bertz CT molecular complexity index is 689. The van der Waals surface area contributed by atoms with Crippen LogP contribution in [-0.2, 0) is 9.59 Å². The van der Waals surface area contributed by atoms with E-state index in [1.807, 2.05) is 0 Å². The number of piperidine rings is 1. The van der Waals surface area contributed by atoms with Crippen molar-refractivity contribution < 1.29 is 14.4 Å². The zero-order chi connectivity index (χ0) is 13.4. The Morgan fingerprint density at radius 3 is 3.00 bits per heavy atom. The molecule has 0 bridgehead atoms. The Labute approximate surface area is 108 Å². The van der Waals surface area contributed by atoms with Crippen LogP contribution in [0.3, 0.4) is 0 Å². The molecule has 3 heterocycles. The van der Waals surface area contributed by atoms with Gasteiger partial charge in [0.15, 0.2) is 0 Å². The fraction of sp³-hybridized carbons (Fsp3) is 0.231. The molecule has 19 heavy (non-hydrogen) atoms. The maximum Gasteiger partial charge on any atom is 0.234 e. The van der Waals surface area contributed by atoms with Crippen LogP contribution >= 0.6 is 0 Å². The Morgan fingerprint density at radius 2 is 2.26 bits per heavy atom. The van der Waals surface area contributed by atoms with E-state index in [1.165, 1.54) is 0 Å². The highest BCUT2D eigenvalue weighted by Gasteiger charge is 2.30. The van der Waals surface area contributed by atoms with E-state index in [9.17, 15) is 14.4 Å². The topological polar surface area (TPSA) is 80.5 Å². The van der Waals surface area contributed by atoms with Crippen molar-refractivity contribution in [3.63, 3.8) is 0 Å². The van der Waals surface area contributed by atoms with E-state index in [0.717, 1.165) is 17.4 Å². The molecule has 1 N–H and O–H groups in total. The highest BCUT2D eigenvalue weighted by molar-refractivity contribution is 6.01. The van der Waals surface area contributed by atoms with E-state index in [0.29, 0.717) is 18.4 Å². The van der Waals surface area contributed by atoms with Gasteiger partial charge in [-0.25, -0.2) is 4.52 Å². The molecule has 2 aromatic rings. The smallest absolute Gasteiger partial charge is 0.234 e. The molecule has 0 spiro atoms. The van der Waals surface area contributed by atoms with Crippen molar-refractivity contribution in [2.24, 2.45) is 0 Å². The summed E-state index contributed by atoms with van der Waals surface area (Å²) in [5.74, 6) is -0.939. The molecule has 1 fully saturated rings. The molecule has 1 aliphatic heterocycles. The minimum atomic E-state index is -0.392. The number of rotatable bonds is 2. The Kier molecular flexibility index (Phi) is 2.63. The largest absolute Gasteiger partial charge is 0.298 e. The maximum absolute atomic E-state index is 11.9. The highest BCUT2D eigenvalue weighted by Crippen LogP contribution is 2.28. The summed E-state index contributed by atoms with van der Waals surface area (Å²) in [4.78, 5) is 33.8. The van der Waals surface area contributed by atoms with Crippen molar-refractivity contribution in [2.45, 2.75) is 18.8 Å². The average molecular weight is 257 g/mol. The second-order valence-corrected chi connectivity index (χ2v) is 4.51. The van der Waals surface area contributed by atoms with Crippen LogP contribution in [0.1, 0.15) is 34.7 Å². The van der Waals surface area contributed by atoms with Gasteiger partial charge in [0.2, 0.25) is 11.8 Å². The summed E-state index contributed by atoms with van der Waals surface area (Å²) >= 11 is 0. The summed E-state index contributed by atoms with van der Waals surface area (Å²) in [5, 5.41) is 6.49. The molecular formula is C13H11N3O3. The third kappa shape index (κ3) is 1.91.